The van der Waals surface area contributed by atoms with E-state index in [1.165, 1.54) is 0 Å². The minimum Gasteiger partial charge on any atom is -0.497 e. The number of ether oxygens (including phenoxy) is 2. The first kappa shape index (κ1) is 22.0. The summed E-state index contributed by atoms with van der Waals surface area (Å²) in [5.74, 6) is 2.59. The predicted octanol–water partition coefficient (Wildman–Crippen LogP) is 2.99. The lowest BCUT2D eigenvalue weighted by Crippen LogP contribution is -2.24. The molecule has 33 heavy (non-hydrogen) atoms. The van der Waals surface area contributed by atoms with Crippen LogP contribution in [0.1, 0.15) is 0 Å². The molecule has 0 amide bonds. The van der Waals surface area contributed by atoms with Crippen molar-refractivity contribution in [2.45, 2.75) is 0 Å². The predicted molar refractivity (Wildman–Crippen MR) is 131 cm³/mol. The summed E-state index contributed by atoms with van der Waals surface area (Å²) < 4.78 is 35.3. The van der Waals surface area contributed by atoms with Crippen LogP contribution in [0.25, 0.3) is 22.2 Å². The van der Waals surface area contributed by atoms with Gasteiger partial charge in [0.2, 0.25) is 0 Å². The van der Waals surface area contributed by atoms with Crippen LogP contribution < -0.4 is 19.7 Å². The molecular formula is C25H29N3O4S. The fourth-order valence-corrected chi connectivity index (χ4v) is 7.15. The molecule has 0 aliphatic carbocycles. The molecule has 0 radical (unpaired) electrons. The summed E-state index contributed by atoms with van der Waals surface area (Å²) >= 11 is 0. The van der Waals surface area contributed by atoms with Gasteiger partial charge < -0.3 is 19.7 Å². The van der Waals surface area contributed by atoms with Crippen molar-refractivity contribution in [2.75, 3.05) is 56.8 Å². The van der Waals surface area contributed by atoms with Crippen molar-refractivity contribution in [1.82, 2.24) is 10.3 Å². The number of methoxy groups -OCH3 is 1. The van der Waals surface area contributed by atoms with Crippen LogP contribution in [0.15, 0.2) is 48.5 Å². The van der Waals surface area contributed by atoms with Crippen molar-refractivity contribution < 1.29 is 17.9 Å². The van der Waals surface area contributed by atoms with Gasteiger partial charge in [-0.25, -0.2) is 13.4 Å². The first-order valence-electron chi connectivity index (χ1n) is 11.3. The number of sulfone groups is 1. The number of anilines is 1. The van der Waals surface area contributed by atoms with Crippen molar-refractivity contribution in [3.8, 4) is 22.8 Å². The van der Waals surface area contributed by atoms with Gasteiger partial charge in [0.1, 0.15) is 18.1 Å². The normalized spacial score (nSPS) is 21.3. The fraction of sp³-hybridized carbons (Fsp3) is 0.400. The Balaban J connectivity index is 1.50. The zero-order chi connectivity index (χ0) is 23.0. The molecule has 2 aromatic carbocycles. The van der Waals surface area contributed by atoms with Crippen LogP contribution in [0.4, 0.5) is 5.69 Å². The molecule has 8 heteroatoms. The molecule has 174 valence electrons. The minimum absolute atomic E-state index is 0.203. The van der Waals surface area contributed by atoms with Gasteiger partial charge in [0.15, 0.2) is 9.84 Å². The fourth-order valence-electron chi connectivity index (χ4n) is 4.95. The molecule has 2 unspecified atom stereocenters. The Labute approximate surface area is 194 Å². The maximum atomic E-state index is 12.1. The molecule has 0 bridgehead atoms. The second-order valence-corrected chi connectivity index (χ2v) is 11.0. The average Bonchev–Trinajstić information content (AvgIpc) is 3.32. The van der Waals surface area contributed by atoms with Crippen molar-refractivity contribution in [2.24, 2.45) is 11.8 Å². The van der Waals surface area contributed by atoms with Crippen LogP contribution in [0.5, 0.6) is 11.5 Å². The topological polar surface area (TPSA) is 80.8 Å². The van der Waals surface area contributed by atoms with Gasteiger partial charge in [-0.1, -0.05) is 0 Å². The van der Waals surface area contributed by atoms with Crippen molar-refractivity contribution in [1.29, 1.82) is 0 Å². The third-order valence-electron chi connectivity index (χ3n) is 6.62. The van der Waals surface area contributed by atoms with Gasteiger partial charge in [0, 0.05) is 42.3 Å². The highest BCUT2D eigenvalue weighted by Gasteiger charge is 2.44. The second kappa shape index (κ2) is 8.83. The van der Waals surface area contributed by atoms with E-state index in [0.29, 0.717) is 18.1 Å². The van der Waals surface area contributed by atoms with Crippen molar-refractivity contribution in [3.05, 3.63) is 48.5 Å². The average molecular weight is 468 g/mol. The van der Waals surface area contributed by atoms with E-state index < -0.39 is 9.84 Å². The van der Waals surface area contributed by atoms with E-state index in [2.05, 4.69) is 16.3 Å². The lowest BCUT2D eigenvalue weighted by molar-refractivity contribution is 0.318. The van der Waals surface area contributed by atoms with Gasteiger partial charge >= 0.3 is 0 Å². The van der Waals surface area contributed by atoms with E-state index >= 15 is 0 Å². The summed E-state index contributed by atoms with van der Waals surface area (Å²) in [4.78, 5) is 7.27. The van der Waals surface area contributed by atoms with Crippen molar-refractivity contribution in [3.63, 3.8) is 0 Å². The summed E-state index contributed by atoms with van der Waals surface area (Å²) in [5, 5.41) is 4.12. The number of pyridine rings is 1. The lowest BCUT2D eigenvalue weighted by Gasteiger charge is -2.23. The number of aromatic nitrogens is 1. The Morgan fingerprint density at radius 1 is 1.03 bits per heavy atom. The Morgan fingerprint density at radius 2 is 1.73 bits per heavy atom. The number of fused-ring (bicyclic) bond motifs is 2. The van der Waals surface area contributed by atoms with E-state index in [1.54, 1.807) is 7.11 Å². The Bertz CT molecular complexity index is 1240. The van der Waals surface area contributed by atoms with Crippen LogP contribution in [0, 0.1) is 11.8 Å². The van der Waals surface area contributed by atoms with Crippen LogP contribution in [-0.4, -0.2) is 65.3 Å². The van der Waals surface area contributed by atoms with Crippen LogP contribution in [0.2, 0.25) is 0 Å². The van der Waals surface area contributed by atoms with E-state index in [4.69, 9.17) is 14.5 Å². The molecule has 3 heterocycles. The third kappa shape index (κ3) is 4.50. The minimum atomic E-state index is -2.90. The van der Waals surface area contributed by atoms with Gasteiger partial charge in [-0.2, -0.15) is 0 Å². The highest BCUT2D eigenvalue weighted by atomic mass is 32.2. The molecular weight excluding hydrogens is 438 g/mol. The van der Waals surface area contributed by atoms with Crippen molar-refractivity contribution >= 4 is 26.4 Å². The smallest absolute Gasteiger partial charge is 0.151 e. The maximum absolute atomic E-state index is 12.1. The largest absolute Gasteiger partial charge is 0.497 e. The number of rotatable bonds is 7. The molecule has 1 N–H and O–H groups in total. The van der Waals surface area contributed by atoms with Gasteiger partial charge in [0.05, 0.1) is 29.8 Å². The number of hydrogen-bond acceptors (Lipinski definition) is 7. The van der Waals surface area contributed by atoms with E-state index in [1.807, 2.05) is 49.5 Å². The molecule has 5 rings (SSSR count). The van der Waals surface area contributed by atoms with E-state index in [-0.39, 0.29) is 11.8 Å². The quantitative estimate of drug-likeness (QED) is 0.535. The summed E-state index contributed by atoms with van der Waals surface area (Å²) in [7, 11) is 0.655. The number of hydrogen-bond donors (Lipinski definition) is 1. The highest BCUT2D eigenvalue weighted by Crippen LogP contribution is 2.39. The zero-order valence-corrected chi connectivity index (χ0v) is 19.8. The number of benzene rings is 2. The Morgan fingerprint density at radius 3 is 2.39 bits per heavy atom. The third-order valence-corrected chi connectivity index (χ3v) is 8.49. The molecule has 3 aromatic rings. The monoisotopic (exact) mass is 467 g/mol. The van der Waals surface area contributed by atoms with Crippen LogP contribution >= 0.6 is 0 Å². The standard InChI is InChI=1S/C25H29N3O4S/c1-26-9-10-32-20-5-3-17(4-6-20)23-12-25(22-8-7-21(31-2)11-24(22)27-23)28-13-18-15-33(29,30)16-19(18)14-28/h3-8,11-12,18-19,26H,9-10,13-16H2,1-2H3. The molecule has 2 fully saturated rings. The Hall–Kier alpha value is -2.84. The van der Waals surface area contributed by atoms with Crippen LogP contribution in [0.3, 0.4) is 0 Å². The van der Waals surface area contributed by atoms with Gasteiger partial charge in [-0.15, -0.1) is 0 Å². The first-order valence-corrected chi connectivity index (χ1v) is 13.1. The van der Waals surface area contributed by atoms with Crippen LogP contribution in [-0.2, 0) is 9.84 Å². The summed E-state index contributed by atoms with van der Waals surface area (Å²) in [5.41, 5.74) is 3.83. The van der Waals surface area contributed by atoms with Gasteiger partial charge in [-0.3, -0.25) is 0 Å². The maximum Gasteiger partial charge on any atom is 0.151 e. The summed E-state index contributed by atoms with van der Waals surface area (Å²) in [6.07, 6.45) is 0. The molecule has 2 atom stereocenters. The SMILES string of the molecule is CNCCOc1ccc(-c2cc(N3CC4CS(=O)(=O)CC4C3)c3ccc(OC)cc3n2)cc1. The molecule has 2 aliphatic rings. The Kier molecular flexibility index (Phi) is 5.88. The van der Waals surface area contributed by atoms with Gasteiger partial charge in [0.25, 0.3) is 0 Å². The summed E-state index contributed by atoms with van der Waals surface area (Å²) in [6.45, 7) is 2.92. The molecule has 1 aromatic heterocycles. The zero-order valence-electron chi connectivity index (χ0n) is 19.0. The van der Waals surface area contributed by atoms with Gasteiger partial charge in [-0.05, 0) is 61.3 Å². The van der Waals surface area contributed by atoms with E-state index in [9.17, 15) is 8.42 Å². The molecule has 0 saturated carbocycles. The number of nitrogens with zero attached hydrogens (tertiary/aromatic N) is 2. The number of likely N-dealkylation sites (N-methyl/N-ethyl adjacent to an activating group) is 1. The van der Waals surface area contributed by atoms with E-state index in [0.717, 1.165) is 59.0 Å². The first-order chi connectivity index (χ1) is 16.0. The molecule has 2 saturated heterocycles. The summed E-state index contributed by atoms with van der Waals surface area (Å²) in [6, 6.07) is 16.1. The highest BCUT2D eigenvalue weighted by molar-refractivity contribution is 7.91. The second-order valence-electron chi connectivity index (χ2n) is 8.89. The molecule has 2 aliphatic heterocycles. The molecule has 0 spiro atoms. The molecule has 7 nitrogen and oxygen atoms in total. The number of nitrogens with one attached hydrogen (secondary N) is 1. The lowest BCUT2D eigenvalue weighted by atomic mass is 10.0.